The van der Waals surface area contributed by atoms with Gasteiger partial charge in [-0.2, -0.15) is 10.1 Å². The zero-order valence-electron chi connectivity index (χ0n) is 14.0. The topological polar surface area (TPSA) is 83.0 Å². The van der Waals surface area contributed by atoms with Crippen LogP contribution < -0.4 is 15.1 Å². The van der Waals surface area contributed by atoms with E-state index in [9.17, 15) is 4.39 Å². The summed E-state index contributed by atoms with van der Waals surface area (Å²) < 4.78 is 13.3. The molecule has 0 saturated carbocycles. The third-order valence-electron chi connectivity index (χ3n) is 4.04. The fourth-order valence-electron chi connectivity index (χ4n) is 2.76. The van der Waals surface area contributed by atoms with Crippen molar-refractivity contribution in [1.82, 2.24) is 25.1 Å². The van der Waals surface area contributed by atoms with E-state index in [0.717, 1.165) is 32.1 Å². The van der Waals surface area contributed by atoms with Crippen molar-refractivity contribution in [2.75, 3.05) is 41.3 Å². The summed E-state index contributed by atoms with van der Waals surface area (Å²) in [6.45, 7) is 3.02. The molecule has 2 aromatic heterocycles. The van der Waals surface area contributed by atoms with Gasteiger partial charge in [-0.15, -0.1) is 5.10 Å². The van der Waals surface area contributed by atoms with E-state index < -0.39 is 0 Å². The molecule has 3 heterocycles. The molecule has 1 N–H and O–H groups in total. The van der Waals surface area contributed by atoms with Gasteiger partial charge in [0, 0.05) is 44.3 Å². The predicted octanol–water partition coefficient (Wildman–Crippen LogP) is 1.87. The first-order valence-corrected chi connectivity index (χ1v) is 8.27. The molecule has 1 aliphatic heterocycles. The van der Waals surface area contributed by atoms with Crippen molar-refractivity contribution in [3.8, 4) is 0 Å². The van der Waals surface area contributed by atoms with Gasteiger partial charge in [0.1, 0.15) is 5.82 Å². The third kappa shape index (κ3) is 3.66. The van der Waals surface area contributed by atoms with Crippen LogP contribution in [-0.4, -0.2) is 51.3 Å². The molecule has 0 unspecified atom stereocenters. The van der Waals surface area contributed by atoms with Crippen molar-refractivity contribution in [3.63, 3.8) is 0 Å². The highest BCUT2D eigenvalue weighted by atomic mass is 19.1. The Balaban J connectivity index is 1.43. The lowest BCUT2D eigenvalue weighted by atomic mass is 10.3. The van der Waals surface area contributed by atoms with Crippen LogP contribution in [0.3, 0.4) is 0 Å². The first-order chi connectivity index (χ1) is 12.8. The van der Waals surface area contributed by atoms with Crippen molar-refractivity contribution in [1.29, 1.82) is 0 Å². The first kappa shape index (κ1) is 16.1. The summed E-state index contributed by atoms with van der Waals surface area (Å²) in [5.74, 6) is 1.48. The average Bonchev–Trinajstić information content (AvgIpc) is 2.69. The van der Waals surface area contributed by atoms with E-state index in [1.807, 2.05) is 0 Å². The molecule has 0 amide bonds. The summed E-state index contributed by atoms with van der Waals surface area (Å²) >= 11 is 0. The number of halogens is 1. The van der Waals surface area contributed by atoms with Gasteiger partial charge in [0.2, 0.25) is 11.9 Å². The lowest BCUT2D eigenvalue weighted by Gasteiger charge is -2.34. The summed E-state index contributed by atoms with van der Waals surface area (Å²) in [7, 11) is 0. The average molecular weight is 352 g/mol. The predicted molar refractivity (Wildman–Crippen MR) is 96.0 cm³/mol. The highest BCUT2D eigenvalue weighted by Gasteiger charge is 2.21. The van der Waals surface area contributed by atoms with Gasteiger partial charge < -0.3 is 15.1 Å². The Morgan fingerprint density at radius 1 is 0.923 bits per heavy atom. The Hall–Kier alpha value is -3.36. The molecule has 3 aromatic rings. The molecule has 4 rings (SSSR count). The Kier molecular flexibility index (Phi) is 4.50. The Labute approximate surface area is 149 Å². The molecule has 1 aliphatic rings. The molecule has 8 nitrogen and oxygen atoms in total. The normalized spacial score (nSPS) is 14.3. The number of benzene rings is 1. The van der Waals surface area contributed by atoms with Gasteiger partial charge in [-0.05, 0) is 24.3 Å². The van der Waals surface area contributed by atoms with Gasteiger partial charge in [0.25, 0.3) is 0 Å². The van der Waals surface area contributed by atoms with Crippen LogP contribution in [0.2, 0.25) is 0 Å². The van der Waals surface area contributed by atoms with Gasteiger partial charge in [0.15, 0.2) is 5.82 Å². The molecule has 0 atom stereocenters. The number of aromatic nitrogens is 5. The fraction of sp³-hybridized carbons (Fsp3) is 0.235. The third-order valence-corrected chi connectivity index (χ3v) is 4.04. The minimum absolute atomic E-state index is 0.309. The number of nitrogens with one attached hydrogen (secondary N) is 1. The summed E-state index contributed by atoms with van der Waals surface area (Å²) in [5.41, 5.74) is 0.613. The molecule has 0 aliphatic carbocycles. The van der Waals surface area contributed by atoms with E-state index in [1.165, 1.54) is 18.3 Å². The zero-order valence-corrected chi connectivity index (χ0v) is 14.0. The smallest absolute Gasteiger partial charge is 0.247 e. The number of hydrogen-bond donors (Lipinski definition) is 1. The largest absolute Gasteiger partial charge is 0.339 e. The van der Waals surface area contributed by atoms with Crippen LogP contribution in [0.5, 0.6) is 0 Å². The Bertz CT molecular complexity index is 867. The van der Waals surface area contributed by atoms with Gasteiger partial charge in [-0.1, -0.05) is 6.07 Å². The first-order valence-electron chi connectivity index (χ1n) is 8.27. The van der Waals surface area contributed by atoms with Crippen LogP contribution in [0.15, 0.2) is 48.9 Å². The summed E-state index contributed by atoms with van der Waals surface area (Å²) in [6.07, 6.45) is 5.00. The maximum Gasteiger partial charge on any atom is 0.247 e. The lowest BCUT2D eigenvalue weighted by molar-refractivity contribution is 0.623. The molecule has 0 spiro atoms. The number of rotatable bonds is 4. The minimum Gasteiger partial charge on any atom is -0.339 e. The van der Waals surface area contributed by atoms with Crippen molar-refractivity contribution in [2.24, 2.45) is 0 Å². The van der Waals surface area contributed by atoms with Crippen molar-refractivity contribution in [2.45, 2.75) is 0 Å². The molecular weight excluding hydrogens is 335 g/mol. The molecule has 9 heteroatoms. The van der Waals surface area contributed by atoms with Crippen LogP contribution in [0.25, 0.3) is 0 Å². The molecule has 1 saturated heterocycles. The van der Waals surface area contributed by atoms with E-state index in [0.29, 0.717) is 17.5 Å². The van der Waals surface area contributed by atoms with Crippen molar-refractivity contribution >= 4 is 23.4 Å². The molecular formula is C17H17FN8. The van der Waals surface area contributed by atoms with E-state index in [4.69, 9.17) is 0 Å². The van der Waals surface area contributed by atoms with Crippen LogP contribution in [0, 0.1) is 5.82 Å². The molecule has 132 valence electrons. The second-order valence-electron chi connectivity index (χ2n) is 5.80. The lowest BCUT2D eigenvalue weighted by Crippen LogP contribution is -2.47. The van der Waals surface area contributed by atoms with Crippen molar-refractivity contribution < 1.29 is 4.39 Å². The quantitative estimate of drug-likeness (QED) is 0.762. The molecule has 0 bridgehead atoms. The number of nitrogens with zero attached hydrogens (tertiary/aromatic N) is 7. The van der Waals surface area contributed by atoms with Crippen LogP contribution >= 0.6 is 0 Å². The monoisotopic (exact) mass is 352 g/mol. The van der Waals surface area contributed by atoms with E-state index in [1.54, 1.807) is 30.6 Å². The van der Waals surface area contributed by atoms with E-state index in [2.05, 4.69) is 40.3 Å². The second-order valence-corrected chi connectivity index (χ2v) is 5.80. The van der Waals surface area contributed by atoms with Gasteiger partial charge in [-0.3, -0.25) is 0 Å². The standard InChI is InChI=1S/C17H17FN8/c18-13-3-1-4-14(11-13)22-15-12-21-24-17(23-15)26-9-7-25(8-10-26)16-19-5-2-6-20-16/h1-6,11-12H,7-10H2,(H,22,23,24). The fourth-order valence-corrected chi connectivity index (χ4v) is 2.76. The van der Waals surface area contributed by atoms with Gasteiger partial charge >= 0.3 is 0 Å². The van der Waals surface area contributed by atoms with Crippen LogP contribution in [0.1, 0.15) is 0 Å². The summed E-state index contributed by atoms with van der Waals surface area (Å²) in [5, 5.41) is 11.2. The van der Waals surface area contributed by atoms with Crippen LogP contribution in [0.4, 0.5) is 27.8 Å². The summed E-state index contributed by atoms with van der Waals surface area (Å²) in [6, 6.07) is 8.00. The maximum atomic E-state index is 13.3. The Morgan fingerprint density at radius 2 is 1.65 bits per heavy atom. The summed E-state index contributed by atoms with van der Waals surface area (Å²) in [4.78, 5) is 17.2. The molecule has 1 aromatic carbocycles. The van der Waals surface area contributed by atoms with Crippen LogP contribution in [-0.2, 0) is 0 Å². The highest BCUT2D eigenvalue weighted by Crippen LogP contribution is 2.18. The molecule has 0 radical (unpaired) electrons. The number of piperazine rings is 1. The van der Waals surface area contributed by atoms with E-state index in [-0.39, 0.29) is 5.82 Å². The number of anilines is 4. The van der Waals surface area contributed by atoms with E-state index >= 15 is 0 Å². The molecule has 1 fully saturated rings. The second kappa shape index (κ2) is 7.26. The maximum absolute atomic E-state index is 13.3. The SMILES string of the molecule is Fc1cccc(Nc2cnnc(N3CCN(c4ncccn4)CC3)n2)c1. The van der Waals surface area contributed by atoms with Crippen molar-refractivity contribution in [3.05, 3.63) is 54.7 Å². The number of hydrogen-bond acceptors (Lipinski definition) is 8. The zero-order chi connectivity index (χ0) is 17.8. The van der Waals surface area contributed by atoms with Gasteiger partial charge in [-0.25, -0.2) is 14.4 Å². The molecule has 26 heavy (non-hydrogen) atoms. The highest BCUT2D eigenvalue weighted by molar-refractivity contribution is 5.56. The minimum atomic E-state index is -0.309. The van der Waals surface area contributed by atoms with Gasteiger partial charge in [0.05, 0.1) is 6.20 Å². The Morgan fingerprint density at radius 3 is 2.38 bits per heavy atom.